The molecule has 0 aliphatic carbocycles. The Labute approximate surface area is 223 Å². The number of benzene rings is 2. The van der Waals surface area contributed by atoms with Crippen molar-refractivity contribution in [3.8, 4) is 0 Å². The van der Waals surface area contributed by atoms with Gasteiger partial charge in [0.2, 0.25) is 13.3 Å². The molecular weight excluding hydrogens is 507 g/mol. The molecule has 1 heterocycles. The molecule has 3 N–H and O–H groups in total. The van der Waals surface area contributed by atoms with Crippen LogP contribution in [0, 0.1) is 5.92 Å². The van der Waals surface area contributed by atoms with E-state index < -0.39 is 31.4 Å². The molecule has 0 aromatic heterocycles. The van der Waals surface area contributed by atoms with E-state index in [2.05, 4.69) is 5.32 Å². The number of hydrogen-bond donors (Lipinski definition) is 3. The summed E-state index contributed by atoms with van der Waals surface area (Å²) >= 11 is 0. The molecule has 3 rings (SSSR count). The van der Waals surface area contributed by atoms with Crippen LogP contribution in [0.3, 0.4) is 0 Å². The first-order chi connectivity index (χ1) is 18.2. The summed E-state index contributed by atoms with van der Waals surface area (Å²) in [5.41, 5.74) is 1.83. The Morgan fingerprint density at radius 1 is 1.03 bits per heavy atom. The van der Waals surface area contributed by atoms with Crippen LogP contribution in [0.25, 0.3) is 0 Å². The van der Waals surface area contributed by atoms with Crippen LogP contribution in [-0.2, 0) is 31.9 Å². The summed E-state index contributed by atoms with van der Waals surface area (Å²) < 4.78 is 18.3. The Balaban J connectivity index is 1.51. The van der Waals surface area contributed by atoms with E-state index in [9.17, 15) is 28.9 Å². The third-order valence-corrected chi connectivity index (χ3v) is 8.66. The molecular formula is C28H37N2O7P. The minimum absolute atomic E-state index is 0.0535. The normalized spacial score (nSPS) is 17.4. The highest BCUT2D eigenvalue weighted by Gasteiger charge is 2.39. The number of unbranched alkanes of at least 4 members (excludes halogenated alkanes) is 1. The van der Waals surface area contributed by atoms with Gasteiger partial charge in [0, 0.05) is 31.3 Å². The van der Waals surface area contributed by atoms with Crippen LogP contribution in [0.15, 0.2) is 60.7 Å². The highest BCUT2D eigenvalue weighted by Crippen LogP contribution is 2.44. The molecule has 3 atom stereocenters. The van der Waals surface area contributed by atoms with Crippen molar-refractivity contribution in [3.63, 3.8) is 0 Å². The number of carboxylic acids is 1. The Morgan fingerprint density at radius 2 is 1.68 bits per heavy atom. The number of hydrogen-bond acceptors (Lipinski definition) is 5. The minimum Gasteiger partial charge on any atom is -0.480 e. The van der Waals surface area contributed by atoms with E-state index in [1.807, 2.05) is 60.7 Å². The summed E-state index contributed by atoms with van der Waals surface area (Å²) in [5, 5.41) is 12.2. The van der Waals surface area contributed by atoms with Crippen LogP contribution < -0.4 is 5.32 Å². The first kappa shape index (κ1) is 29.4. The lowest BCUT2D eigenvalue weighted by atomic mass is 10.0. The van der Waals surface area contributed by atoms with Crippen LogP contribution in [0.5, 0.6) is 0 Å². The van der Waals surface area contributed by atoms with Crippen LogP contribution in [-0.4, -0.2) is 64.3 Å². The Kier molecular flexibility index (Phi) is 11.4. The molecule has 0 spiro atoms. The Bertz CT molecular complexity index is 1100. The summed E-state index contributed by atoms with van der Waals surface area (Å²) in [7, 11) is -3.65. The number of nitrogens with zero attached hydrogens (tertiary/aromatic N) is 1. The molecule has 0 saturated carbocycles. The maximum absolute atomic E-state index is 13.3. The average molecular weight is 545 g/mol. The van der Waals surface area contributed by atoms with Crippen LogP contribution in [0.1, 0.15) is 43.2 Å². The van der Waals surface area contributed by atoms with Crippen LogP contribution in [0.4, 0.5) is 4.79 Å². The zero-order chi connectivity index (χ0) is 27.4. The van der Waals surface area contributed by atoms with Gasteiger partial charge in [0.25, 0.3) is 0 Å². The Hall–Kier alpha value is -3.16. The third kappa shape index (κ3) is 9.62. The SMILES string of the molecule is O=C(NCCCCC(CP(=O)(O)CCc1ccccc1)C(=O)N1CCC[C@H]1C(=O)O)OCc1ccccc1. The van der Waals surface area contributed by atoms with Crippen molar-refractivity contribution in [1.82, 2.24) is 10.2 Å². The lowest BCUT2D eigenvalue weighted by Gasteiger charge is -2.28. The summed E-state index contributed by atoms with van der Waals surface area (Å²) in [6.07, 6.45) is 2.13. The fourth-order valence-electron chi connectivity index (χ4n) is 4.68. The van der Waals surface area contributed by atoms with Crippen molar-refractivity contribution in [3.05, 3.63) is 71.8 Å². The van der Waals surface area contributed by atoms with Gasteiger partial charge < -0.3 is 25.0 Å². The van der Waals surface area contributed by atoms with Crippen molar-refractivity contribution in [1.29, 1.82) is 0 Å². The molecule has 2 aromatic carbocycles. The molecule has 10 heteroatoms. The summed E-state index contributed by atoms with van der Waals surface area (Å²) in [6.45, 7) is 0.834. The highest BCUT2D eigenvalue weighted by molar-refractivity contribution is 7.58. The quantitative estimate of drug-likeness (QED) is 0.239. The lowest BCUT2D eigenvalue weighted by molar-refractivity contribution is -0.149. The topological polar surface area (TPSA) is 133 Å². The second-order valence-electron chi connectivity index (χ2n) is 9.70. The monoisotopic (exact) mass is 544 g/mol. The first-order valence-corrected chi connectivity index (χ1v) is 15.1. The molecule has 2 unspecified atom stereocenters. The molecule has 1 saturated heterocycles. The van der Waals surface area contributed by atoms with Gasteiger partial charge in [-0.05, 0) is 43.2 Å². The molecule has 1 aliphatic heterocycles. The fraction of sp³-hybridized carbons (Fsp3) is 0.464. The number of carboxylic acid groups (broad SMARTS) is 1. The number of likely N-dealkylation sites (tertiary alicyclic amines) is 1. The van der Waals surface area contributed by atoms with E-state index in [0.29, 0.717) is 51.6 Å². The number of alkyl carbamates (subject to hydrolysis) is 1. The lowest BCUT2D eigenvalue weighted by Crippen LogP contribution is -2.44. The van der Waals surface area contributed by atoms with Gasteiger partial charge in [-0.1, -0.05) is 67.1 Å². The molecule has 0 bridgehead atoms. The van der Waals surface area contributed by atoms with E-state index in [1.54, 1.807) is 0 Å². The fourth-order valence-corrected chi connectivity index (χ4v) is 6.50. The van der Waals surface area contributed by atoms with Gasteiger partial charge in [0.15, 0.2) is 0 Å². The number of ether oxygens (including phenoxy) is 1. The summed E-state index contributed by atoms with van der Waals surface area (Å²) in [6, 6.07) is 17.8. The smallest absolute Gasteiger partial charge is 0.407 e. The minimum atomic E-state index is -3.65. The van der Waals surface area contributed by atoms with Gasteiger partial charge >= 0.3 is 12.1 Å². The zero-order valence-corrected chi connectivity index (χ0v) is 22.4. The number of aryl methyl sites for hydroxylation is 1. The molecule has 206 valence electrons. The van der Waals surface area contributed by atoms with E-state index in [0.717, 1.165) is 11.1 Å². The average Bonchev–Trinajstić information content (AvgIpc) is 3.41. The standard InChI is InChI=1S/C28H37N2O7P/c31-26(30-18-9-15-25(30)27(32)33)24(21-38(35,36)19-16-22-10-3-1-4-11-22)14-7-8-17-29-28(34)37-20-23-12-5-2-6-13-23/h1-6,10-13,24-25H,7-9,14-21H2,(H,29,34)(H,32,33)(H,35,36)/t24?,25-/m0/s1. The van der Waals surface area contributed by atoms with Gasteiger partial charge in [-0.15, -0.1) is 0 Å². The number of carbonyl (C=O) groups excluding carboxylic acids is 2. The van der Waals surface area contributed by atoms with Gasteiger partial charge in [-0.3, -0.25) is 9.36 Å². The molecule has 1 aliphatic rings. The van der Waals surface area contributed by atoms with E-state index in [1.165, 1.54) is 4.90 Å². The van der Waals surface area contributed by atoms with Gasteiger partial charge in [0.1, 0.15) is 12.6 Å². The number of amides is 2. The van der Waals surface area contributed by atoms with E-state index in [-0.39, 0.29) is 24.8 Å². The van der Waals surface area contributed by atoms with Gasteiger partial charge in [-0.25, -0.2) is 9.59 Å². The maximum atomic E-state index is 13.3. The number of rotatable bonds is 14. The molecule has 38 heavy (non-hydrogen) atoms. The van der Waals surface area contributed by atoms with Crippen molar-refractivity contribution in [2.75, 3.05) is 25.4 Å². The number of nitrogens with one attached hydrogen (secondary N) is 1. The summed E-state index contributed by atoms with van der Waals surface area (Å²) in [5.74, 6) is -2.19. The molecule has 2 aromatic rings. The van der Waals surface area contributed by atoms with Crippen molar-refractivity contribution < 1.29 is 33.7 Å². The van der Waals surface area contributed by atoms with E-state index >= 15 is 0 Å². The molecule has 2 amide bonds. The molecule has 0 radical (unpaired) electrons. The van der Waals surface area contributed by atoms with Crippen LogP contribution >= 0.6 is 7.37 Å². The molecule has 1 fully saturated rings. The number of carbonyl (C=O) groups is 3. The zero-order valence-electron chi connectivity index (χ0n) is 21.5. The van der Waals surface area contributed by atoms with Crippen molar-refractivity contribution >= 4 is 25.3 Å². The van der Waals surface area contributed by atoms with Crippen LogP contribution in [0.2, 0.25) is 0 Å². The second-order valence-corrected chi connectivity index (χ2v) is 12.2. The van der Waals surface area contributed by atoms with Gasteiger partial charge in [0.05, 0.1) is 0 Å². The predicted octanol–water partition coefficient (Wildman–Crippen LogP) is 4.29. The summed E-state index contributed by atoms with van der Waals surface area (Å²) in [4.78, 5) is 49.0. The largest absolute Gasteiger partial charge is 0.480 e. The number of aliphatic carboxylic acids is 1. The van der Waals surface area contributed by atoms with Gasteiger partial charge in [-0.2, -0.15) is 0 Å². The first-order valence-electron chi connectivity index (χ1n) is 13.1. The maximum Gasteiger partial charge on any atom is 0.407 e. The second kappa shape index (κ2) is 14.7. The highest BCUT2D eigenvalue weighted by atomic mass is 31.2. The van der Waals surface area contributed by atoms with E-state index in [4.69, 9.17) is 4.74 Å². The third-order valence-electron chi connectivity index (χ3n) is 6.73. The molecule has 9 nitrogen and oxygen atoms in total. The van der Waals surface area contributed by atoms with Crippen molar-refractivity contribution in [2.45, 2.75) is 51.2 Å². The van der Waals surface area contributed by atoms with Crippen molar-refractivity contribution in [2.24, 2.45) is 5.92 Å². The Morgan fingerprint density at radius 3 is 2.34 bits per heavy atom. The predicted molar refractivity (Wildman–Crippen MR) is 144 cm³/mol.